The van der Waals surface area contributed by atoms with Crippen LogP contribution in [0.1, 0.15) is 12.5 Å². The summed E-state index contributed by atoms with van der Waals surface area (Å²) in [5, 5.41) is 10.2. The summed E-state index contributed by atoms with van der Waals surface area (Å²) in [6.07, 6.45) is -2.33. The van der Waals surface area contributed by atoms with Gasteiger partial charge in [0.05, 0.1) is 12.0 Å². The van der Waals surface area contributed by atoms with Crippen LogP contribution in [-0.4, -0.2) is 61.3 Å². The van der Waals surface area contributed by atoms with Gasteiger partial charge in [0.1, 0.15) is 12.7 Å². The van der Waals surface area contributed by atoms with Gasteiger partial charge in [-0.3, -0.25) is 4.79 Å². The molecule has 0 radical (unpaired) electrons. The van der Waals surface area contributed by atoms with Crippen molar-refractivity contribution >= 4 is 12.0 Å². The van der Waals surface area contributed by atoms with Gasteiger partial charge >= 0.3 is 6.09 Å². The second-order valence-electron chi connectivity index (χ2n) is 5.75. The average molecular weight is 337 g/mol. The van der Waals surface area contributed by atoms with E-state index in [1.54, 1.807) is 0 Å². The van der Waals surface area contributed by atoms with Gasteiger partial charge < -0.3 is 19.3 Å². The minimum atomic E-state index is -1.20. The van der Waals surface area contributed by atoms with Crippen molar-refractivity contribution in [3.05, 3.63) is 35.9 Å². The molecule has 132 valence electrons. The van der Waals surface area contributed by atoms with Crippen LogP contribution in [0.4, 0.5) is 4.79 Å². The molecule has 2 amide bonds. The number of rotatable bonds is 7. The summed E-state index contributed by atoms with van der Waals surface area (Å²) in [4.78, 5) is 25.8. The van der Waals surface area contributed by atoms with Crippen LogP contribution in [0, 0.1) is 5.92 Å². The lowest BCUT2D eigenvalue weighted by Crippen LogP contribution is -2.48. The fraction of sp³-hybridized carbons (Fsp3) is 0.529. The molecule has 24 heavy (non-hydrogen) atoms. The highest BCUT2D eigenvalue weighted by Gasteiger charge is 2.42. The van der Waals surface area contributed by atoms with Crippen LogP contribution >= 0.6 is 0 Å². The number of methoxy groups -OCH3 is 2. The first-order chi connectivity index (χ1) is 11.5. The van der Waals surface area contributed by atoms with E-state index in [0.717, 1.165) is 10.5 Å². The number of ether oxygens (including phenoxy) is 3. The van der Waals surface area contributed by atoms with Gasteiger partial charge in [0.15, 0.2) is 6.29 Å². The summed E-state index contributed by atoms with van der Waals surface area (Å²) in [5.41, 5.74) is 0.999. The van der Waals surface area contributed by atoms with Gasteiger partial charge in [-0.2, -0.15) is 0 Å². The smallest absolute Gasteiger partial charge is 0.416 e. The lowest BCUT2D eigenvalue weighted by molar-refractivity contribution is -0.183. The first-order valence-corrected chi connectivity index (χ1v) is 7.77. The minimum absolute atomic E-state index is 0.139. The van der Waals surface area contributed by atoms with Crippen molar-refractivity contribution in [2.24, 2.45) is 5.92 Å². The van der Waals surface area contributed by atoms with Crippen molar-refractivity contribution in [1.29, 1.82) is 0 Å². The predicted octanol–water partition coefficient (Wildman–Crippen LogP) is 1.19. The second-order valence-corrected chi connectivity index (χ2v) is 5.75. The molecule has 1 aliphatic heterocycles. The molecule has 1 N–H and O–H groups in total. The van der Waals surface area contributed by atoms with Gasteiger partial charge in [0.25, 0.3) is 0 Å². The summed E-state index contributed by atoms with van der Waals surface area (Å²) in [5.74, 6) is -1.39. The van der Waals surface area contributed by atoms with Crippen molar-refractivity contribution in [1.82, 2.24) is 4.90 Å². The fourth-order valence-electron chi connectivity index (χ4n) is 2.74. The Morgan fingerprint density at radius 3 is 2.54 bits per heavy atom. The zero-order chi connectivity index (χ0) is 17.7. The maximum absolute atomic E-state index is 12.7. The number of aliphatic hydroxyl groups is 1. The second kappa shape index (κ2) is 8.23. The molecule has 1 aliphatic rings. The van der Waals surface area contributed by atoms with E-state index < -0.39 is 36.4 Å². The Labute approximate surface area is 141 Å². The Morgan fingerprint density at radius 1 is 1.33 bits per heavy atom. The van der Waals surface area contributed by atoms with Crippen LogP contribution in [0.15, 0.2) is 30.3 Å². The third-order valence-corrected chi connectivity index (χ3v) is 4.16. The number of carbonyl (C=O) groups excluding carboxylic acids is 2. The van der Waals surface area contributed by atoms with Crippen molar-refractivity contribution in [2.75, 3.05) is 20.8 Å². The molecule has 3 atom stereocenters. The molecule has 1 aromatic carbocycles. The van der Waals surface area contributed by atoms with Gasteiger partial charge in [0.2, 0.25) is 5.91 Å². The number of hydrogen-bond acceptors (Lipinski definition) is 6. The quantitative estimate of drug-likeness (QED) is 0.753. The Balaban J connectivity index is 2.11. The monoisotopic (exact) mass is 337 g/mol. The number of imide groups is 1. The molecule has 0 aromatic heterocycles. The van der Waals surface area contributed by atoms with Gasteiger partial charge in [0, 0.05) is 14.2 Å². The van der Waals surface area contributed by atoms with E-state index in [4.69, 9.17) is 14.2 Å². The summed E-state index contributed by atoms with van der Waals surface area (Å²) in [6.45, 7) is 1.67. The van der Waals surface area contributed by atoms with Gasteiger partial charge in [-0.05, 0) is 12.0 Å². The first kappa shape index (κ1) is 18.4. The Kier molecular flexibility index (Phi) is 6.30. The fourth-order valence-corrected chi connectivity index (χ4v) is 2.74. The molecule has 0 spiro atoms. The summed E-state index contributed by atoms with van der Waals surface area (Å²) in [7, 11) is 2.74. The number of hydrogen-bond donors (Lipinski definition) is 1. The van der Waals surface area contributed by atoms with E-state index in [1.807, 2.05) is 30.3 Å². The lowest BCUT2D eigenvalue weighted by Gasteiger charge is -2.28. The molecule has 1 aromatic rings. The van der Waals surface area contributed by atoms with E-state index in [2.05, 4.69) is 0 Å². The highest BCUT2D eigenvalue weighted by atomic mass is 16.7. The Hall–Kier alpha value is -1.96. The van der Waals surface area contributed by atoms with Crippen LogP contribution < -0.4 is 0 Å². The number of benzene rings is 1. The van der Waals surface area contributed by atoms with E-state index in [1.165, 1.54) is 21.1 Å². The summed E-state index contributed by atoms with van der Waals surface area (Å²) < 4.78 is 15.0. The average Bonchev–Trinajstić information content (AvgIpc) is 2.95. The van der Waals surface area contributed by atoms with Gasteiger partial charge in [-0.1, -0.05) is 37.3 Å². The molecular formula is C17H23NO6. The molecule has 1 heterocycles. The van der Waals surface area contributed by atoms with Crippen LogP contribution in [0.3, 0.4) is 0 Å². The standard InChI is InChI=1S/C17H23NO6/c1-11(14(19)16(22-2)23-3)15(20)18-13(10-24-17(18)21)9-12-7-5-4-6-8-12/h4-8,11,13-14,16,19H,9-10H2,1-3H3/t11-,13-,14-/m0/s1. The molecule has 0 saturated carbocycles. The largest absolute Gasteiger partial charge is 0.447 e. The van der Waals surface area contributed by atoms with E-state index in [9.17, 15) is 14.7 Å². The lowest BCUT2D eigenvalue weighted by atomic mass is 10.00. The minimum Gasteiger partial charge on any atom is -0.447 e. The number of amides is 2. The maximum atomic E-state index is 12.7. The Bertz CT molecular complexity index is 559. The van der Waals surface area contributed by atoms with Crippen LogP contribution in [-0.2, 0) is 25.4 Å². The Morgan fingerprint density at radius 2 is 1.96 bits per heavy atom. The normalized spacial score (nSPS) is 20.1. The maximum Gasteiger partial charge on any atom is 0.416 e. The molecule has 7 heteroatoms. The molecule has 0 aliphatic carbocycles. The summed E-state index contributed by atoms with van der Waals surface area (Å²) >= 11 is 0. The SMILES string of the molecule is COC(OC)[C@@H](O)[C@H](C)C(=O)N1C(=O)OC[C@@H]1Cc1ccccc1. The highest BCUT2D eigenvalue weighted by molar-refractivity contribution is 5.95. The molecule has 1 saturated heterocycles. The number of aliphatic hydroxyl groups excluding tert-OH is 1. The van der Waals surface area contributed by atoms with E-state index in [0.29, 0.717) is 6.42 Å². The molecule has 0 unspecified atom stereocenters. The first-order valence-electron chi connectivity index (χ1n) is 7.77. The number of nitrogens with zero attached hydrogens (tertiary/aromatic N) is 1. The van der Waals surface area contributed by atoms with Crippen molar-refractivity contribution in [3.63, 3.8) is 0 Å². The third-order valence-electron chi connectivity index (χ3n) is 4.16. The number of carbonyl (C=O) groups is 2. The predicted molar refractivity (Wildman–Crippen MR) is 85.1 cm³/mol. The highest BCUT2D eigenvalue weighted by Crippen LogP contribution is 2.22. The number of cyclic esters (lactones) is 1. The van der Waals surface area contributed by atoms with Crippen LogP contribution in [0.5, 0.6) is 0 Å². The third kappa shape index (κ3) is 3.92. The van der Waals surface area contributed by atoms with Crippen molar-refractivity contribution in [2.45, 2.75) is 31.8 Å². The van der Waals surface area contributed by atoms with E-state index >= 15 is 0 Å². The van der Waals surface area contributed by atoms with E-state index in [-0.39, 0.29) is 6.61 Å². The van der Waals surface area contributed by atoms with Crippen molar-refractivity contribution in [3.8, 4) is 0 Å². The van der Waals surface area contributed by atoms with Crippen molar-refractivity contribution < 1.29 is 28.9 Å². The van der Waals surface area contributed by atoms with Gasteiger partial charge in [-0.15, -0.1) is 0 Å². The van der Waals surface area contributed by atoms with Crippen LogP contribution in [0.2, 0.25) is 0 Å². The molecule has 2 rings (SSSR count). The topological polar surface area (TPSA) is 85.3 Å². The summed E-state index contributed by atoms with van der Waals surface area (Å²) in [6, 6.07) is 9.15. The molecule has 1 fully saturated rings. The zero-order valence-corrected chi connectivity index (χ0v) is 14.0. The molecular weight excluding hydrogens is 314 g/mol. The van der Waals surface area contributed by atoms with Crippen LogP contribution in [0.25, 0.3) is 0 Å². The zero-order valence-electron chi connectivity index (χ0n) is 14.0. The van der Waals surface area contributed by atoms with Gasteiger partial charge in [-0.25, -0.2) is 9.69 Å². The molecule has 7 nitrogen and oxygen atoms in total. The molecule has 0 bridgehead atoms.